The minimum Gasteiger partial charge on any atom is -0.507 e. The molecule has 8 heteroatoms. The molecule has 34 heavy (non-hydrogen) atoms. The summed E-state index contributed by atoms with van der Waals surface area (Å²) in [6.07, 6.45) is -0.0595. The molecular formula is C26H21IN2O5. The summed E-state index contributed by atoms with van der Waals surface area (Å²) in [4.78, 5) is 36.3. The molecular weight excluding hydrogens is 547 g/mol. The molecule has 1 heterocycles. The van der Waals surface area contributed by atoms with Gasteiger partial charge in [0.1, 0.15) is 11.3 Å². The summed E-state index contributed by atoms with van der Waals surface area (Å²) in [6.45, 7) is 1.94. The van der Waals surface area contributed by atoms with Gasteiger partial charge in [-0.3, -0.25) is 9.59 Å². The number of aromatic nitrogens is 1. The molecule has 1 amide bonds. The summed E-state index contributed by atoms with van der Waals surface area (Å²) in [5.74, 6) is -2.74. The van der Waals surface area contributed by atoms with E-state index in [0.29, 0.717) is 22.2 Å². The fraction of sp³-hybridized carbons (Fsp3) is 0.115. The predicted molar refractivity (Wildman–Crippen MR) is 138 cm³/mol. The maximum Gasteiger partial charge on any atom is 0.339 e. The monoisotopic (exact) mass is 568 g/mol. The molecule has 0 bridgehead atoms. The van der Waals surface area contributed by atoms with Crippen LogP contribution in [0.4, 0.5) is 5.69 Å². The Bertz CT molecular complexity index is 1450. The third-order valence-electron chi connectivity index (χ3n) is 5.61. The van der Waals surface area contributed by atoms with Crippen molar-refractivity contribution in [2.45, 2.75) is 13.3 Å². The van der Waals surface area contributed by atoms with Crippen LogP contribution in [0.1, 0.15) is 21.5 Å². The quantitative estimate of drug-likeness (QED) is 0.226. The molecule has 3 N–H and O–H groups in total. The van der Waals surface area contributed by atoms with Crippen LogP contribution >= 0.6 is 22.6 Å². The van der Waals surface area contributed by atoms with Crippen LogP contribution in [-0.2, 0) is 23.1 Å². The molecule has 0 unspecified atom stereocenters. The number of aromatic carboxylic acids is 1. The lowest BCUT2D eigenvalue weighted by atomic mass is 10.0. The molecule has 4 aromatic rings. The van der Waals surface area contributed by atoms with E-state index in [-0.39, 0.29) is 17.7 Å². The van der Waals surface area contributed by atoms with Crippen LogP contribution in [0.25, 0.3) is 22.2 Å². The normalized spacial score (nSPS) is 10.9. The number of hydrogen-bond acceptors (Lipinski definition) is 4. The number of anilines is 1. The van der Waals surface area contributed by atoms with E-state index in [1.807, 2.05) is 48.9 Å². The zero-order valence-electron chi connectivity index (χ0n) is 18.4. The molecule has 7 nitrogen and oxygen atoms in total. The van der Waals surface area contributed by atoms with Crippen molar-refractivity contribution >= 4 is 56.8 Å². The van der Waals surface area contributed by atoms with Gasteiger partial charge in [0, 0.05) is 34.2 Å². The van der Waals surface area contributed by atoms with Gasteiger partial charge in [-0.05, 0) is 64.9 Å². The maximum atomic E-state index is 12.5. The van der Waals surface area contributed by atoms with E-state index in [2.05, 4.69) is 27.9 Å². The highest BCUT2D eigenvalue weighted by Crippen LogP contribution is 2.37. The fourth-order valence-corrected chi connectivity index (χ4v) is 4.95. The largest absolute Gasteiger partial charge is 0.507 e. The molecule has 0 saturated heterocycles. The first-order chi connectivity index (χ1) is 16.2. The van der Waals surface area contributed by atoms with Crippen molar-refractivity contribution in [1.29, 1.82) is 0 Å². The second-order valence-corrected chi connectivity index (χ2v) is 9.11. The number of benzene rings is 3. The standard InChI is InChI=1S/C26H21IN2O5/c1-14-6-8-17(9-7-14)28-25(32)22(31)11-15-4-3-5-16(10-15)24-23(27)18-12-19(26(33)34)21(30)13-20(18)29(24)2/h3-10,12-13,30H,11H2,1-2H3,(H,28,32)(H,33,34). The van der Waals surface area contributed by atoms with Gasteiger partial charge in [0.05, 0.1) is 11.2 Å². The van der Waals surface area contributed by atoms with Crippen molar-refractivity contribution in [3.05, 3.63) is 80.9 Å². The molecule has 0 fully saturated rings. The highest BCUT2D eigenvalue weighted by atomic mass is 127. The molecule has 0 aliphatic rings. The third kappa shape index (κ3) is 4.54. The van der Waals surface area contributed by atoms with Gasteiger partial charge in [0.25, 0.3) is 5.91 Å². The summed E-state index contributed by atoms with van der Waals surface area (Å²) in [5.41, 5.74) is 4.43. The first kappa shape index (κ1) is 23.5. The Labute approximate surface area is 209 Å². The van der Waals surface area contributed by atoms with Crippen molar-refractivity contribution in [3.8, 4) is 17.0 Å². The number of nitrogens with zero attached hydrogens (tertiary/aromatic N) is 1. The minimum atomic E-state index is -1.20. The summed E-state index contributed by atoms with van der Waals surface area (Å²) in [7, 11) is 1.83. The lowest BCUT2D eigenvalue weighted by molar-refractivity contribution is -0.134. The van der Waals surface area contributed by atoms with Crippen LogP contribution in [0.5, 0.6) is 5.75 Å². The smallest absolute Gasteiger partial charge is 0.339 e. The van der Waals surface area contributed by atoms with Crippen molar-refractivity contribution in [3.63, 3.8) is 0 Å². The maximum absolute atomic E-state index is 12.5. The molecule has 4 rings (SSSR count). The Balaban J connectivity index is 1.62. The number of carbonyl (C=O) groups excluding carboxylic acids is 2. The second-order valence-electron chi connectivity index (χ2n) is 8.03. The van der Waals surface area contributed by atoms with Crippen molar-refractivity contribution < 1.29 is 24.6 Å². The lowest BCUT2D eigenvalue weighted by Gasteiger charge is -2.09. The number of carbonyl (C=O) groups is 3. The molecule has 0 aliphatic carbocycles. The topological polar surface area (TPSA) is 109 Å². The molecule has 0 radical (unpaired) electrons. The molecule has 0 aliphatic heterocycles. The van der Waals surface area contributed by atoms with Crippen LogP contribution in [0.15, 0.2) is 60.7 Å². The van der Waals surface area contributed by atoms with Crippen LogP contribution < -0.4 is 5.32 Å². The van der Waals surface area contributed by atoms with Gasteiger partial charge in [0.15, 0.2) is 0 Å². The van der Waals surface area contributed by atoms with E-state index in [4.69, 9.17) is 0 Å². The van der Waals surface area contributed by atoms with Gasteiger partial charge in [-0.1, -0.05) is 35.9 Å². The van der Waals surface area contributed by atoms with E-state index >= 15 is 0 Å². The van der Waals surface area contributed by atoms with E-state index in [0.717, 1.165) is 20.4 Å². The van der Waals surface area contributed by atoms with Gasteiger partial charge in [-0.25, -0.2) is 4.79 Å². The number of fused-ring (bicyclic) bond motifs is 1. The number of Topliss-reactive ketones (excluding diaryl/α,β-unsaturated/α-hetero) is 1. The summed E-state index contributed by atoms with van der Waals surface area (Å²) >= 11 is 2.15. The SMILES string of the molecule is Cc1ccc(NC(=O)C(=O)Cc2cccc(-c3c(I)c4cc(C(=O)O)c(O)cc4n3C)c2)cc1. The van der Waals surface area contributed by atoms with Crippen LogP contribution in [-0.4, -0.2) is 32.4 Å². The zero-order chi connectivity index (χ0) is 24.6. The number of phenols is 1. The van der Waals surface area contributed by atoms with E-state index in [1.54, 1.807) is 18.2 Å². The van der Waals surface area contributed by atoms with Crippen LogP contribution in [0.2, 0.25) is 0 Å². The fourth-order valence-electron chi connectivity index (χ4n) is 3.85. The van der Waals surface area contributed by atoms with Gasteiger partial charge >= 0.3 is 5.97 Å². The Kier molecular flexibility index (Phi) is 6.43. The second kappa shape index (κ2) is 9.30. The number of rotatable bonds is 6. The average Bonchev–Trinajstić information content (AvgIpc) is 3.03. The van der Waals surface area contributed by atoms with Crippen molar-refractivity contribution in [1.82, 2.24) is 4.57 Å². The van der Waals surface area contributed by atoms with Crippen molar-refractivity contribution in [2.24, 2.45) is 7.05 Å². The number of hydrogen-bond donors (Lipinski definition) is 3. The van der Waals surface area contributed by atoms with Gasteiger partial charge in [0.2, 0.25) is 5.78 Å². The van der Waals surface area contributed by atoms with Crippen LogP contribution in [0, 0.1) is 10.5 Å². The summed E-state index contributed by atoms with van der Waals surface area (Å²) in [6, 6.07) is 17.4. The zero-order valence-corrected chi connectivity index (χ0v) is 20.6. The highest BCUT2D eigenvalue weighted by molar-refractivity contribution is 14.1. The van der Waals surface area contributed by atoms with E-state index in [1.165, 1.54) is 12.1 Å². The number of amides is 1. The first-order valence-corrected chi connectivity index (χ1v) is 11.5. The molecule has 172 valence electrons. The summed E-state index contributed by atoms with van der Waals surface area (Å²) < 4.78 is 2.69. The molecule has 3 aromatic carbocycles. The molecule has 0 atom stereocenters. The van der Waals surface area contributed by atoms with Gasteiger partial charge < -0.3 is 20.1 Å². The Morgan fingerprint density at radius 3 is 2.41 bits per heavy atom. The third-order valence-corrected chi connectivity index (χ3v) is 6.71. The Morgan fingerprint density at radius 2 is 1.74 bits per heavy atom. The Morgan fingerprint density at radius 1 is 1.03 bits per heavy atom. The van der Waals surface area contributed by atoms with Crippen molar-refractivity contribution in [2.75, 3.05) is 5.32 Å². The lowest BCUT2D eigenvalue weighted by Crippen LogP contribution is -2.24. The number of halogens is 1. The number of carboxylic acids is 1. The molecule has 0 saturated carbocycles. The highest BCUT2D eigenvalue weighted by Gasteiger charge is 2.20. The summed E-state index contributed by atoms with van der Waals surface area (Å²) in [5, 5.41) is 22.8. The number of aryl methyl sites for hydroxylation is 2. The van der Waals surface area contributed by atoms with Gasteiger partial charge in [-0.15, -0.1) is 0 Å². The minimum absolute atomic E-state index is 0.0595. The molecule has 1 aromatic heterocycles. The van der Waals surface area contributed by atoms with E-state index in [9.17, 15) is 24.6 Å². The van der Waals surface area contributed by atoms with E-state index < -0.39 is 17.7 Å². The first-order valence-electron chi connectivity index (χ1n) is 10.4. The number of ketones is 1. The Hall–Kier alpha value is -3.66. The number of carboxylic acid groups (broad SMARTS) is 1. The number of nitrogens with one attached hydrogen (secondary N) is 1. The average molecular weight is 568 g/mol. The number of aromatic hydroxyl groups is 1. The van der Waals surface area contributed by atoms with Crippen LogP contribution in [0.3, 0.4) is 0 Å². The predicted octanol–water partition coefficient (Wildman–Crippen LogP) is 4.91. The van der Waals surface area contributed by atoms with Gasteiger partial charge in [-0.2, -0.15) is 0 Å². The molecule has 0 spiro atoms.